The summed E-state index contributed by atoms with van der Waals surface area (Å²) in [6, 6.07) is 0. The summed E-state index contributed by atoms with van der Waals surface area (Å²) in [5.41, 5.74) is 7.55. The van der Waals surface area contributed by atoms with Crippen LogP contribution in [0.15, 0.2) is 0 Å². The van der Waals surface area contributed by atoms with Gasteiger partial charge in [0, 0.05) is 20.7 Å². The summed E-state index contributed by atoms with van der Waals surface area (Å²) in [6.45, 7) is 2.71. The number of aromatic nitrogens is 2. The van der Waals surface area contributed by atoms with Gasteiger partial charge >= 0.3 is 0 Å². The first-order valence-electron chi connectivity index (χ1n) is 5.66. The number of ether oxygens (including phenoxy) is 1. The molecule has 0 saturated heterocycles. The Morgan fingerprint density at radius 1 is 1.56 bits per heavy atom. The summed E-state index contributed by atoms with van der Waals surface area (Å²) in [5.74, 6) is 0.890. The Morgan fingerprint density at radius 3 is 2.62 bits per heavy atom. The van der Waals surface area contributed by atoms with Crippen molar-refractivity contribution in [2.75, 3.05) is 24.7 Å². The molecule has 90 valence electrons. The minimum atomic E-state index is 0.00458. The van der Waals surface area contributed by atoms with Crippen LogP contribution in [-0.4, -0.2) is 29.0 Å². The van der Waals surface area contributed by atoms with E-state index in [1.807, 2.05) is 14.0 Å². The smallest absolute Gasteiger partial charge is 0.147 e. The van der Waals surface area contributed by atoms with Gasteiger partial charge in [-0.3, -0.25) is 4.68 Å². The van der Waals surface area contributed by atoms with Crippen molar-refractivity contribution >= 4 is 11.5 Å². The van der Waals surface area contributed by atoms with Crippen LogP contribution in [0.5, 0.6) is 0 Å². The summed E-state index contributed by atoms with van der Waals surface area (Å²) in [7, 11) is 3.67. The Kier molecular flexibility index (Phi) is 2.80. The van der Waals surface area contributed by atoms with E-state index in [1.54, 1.807) is 11.8 Å². The van der Waals surface area contributed by atoms with Gasteiger partial charge in [0.1, 0.15) is 5.82 Å². The first-order chi connectivity index (χ1) is 7.58. The highest BCUT2D eigenvalue weighted by Crippen LogP contribution is 2.35. The third-order valence-electron chi connectivity index (χ3n) is 3.54. The first-order valence-corrected chi connectivity index (χ1v) is 5.66. The second-order valence-electron chi connectivity index (χ2n) is 4.57. The van der Waals surface area contributed by atoms with Crippen LogP contribution in [0, 0.1) is 6.92 Å². The van der Waals surface area contributed by atoms with Gasteiger partial charge in [0.2, 0.25) is 0 Å². The largest absolute Gasteiger partial charge is 0.394 e. The number of aryl methyl sites for hydroxylation is 2. The molecule has 0 spiro atoms. The van der Waals surface area contributed by atoms with Crippen LogP contribution in [0.2, 0.25) is 0 Å². The molecule has 1 aliphatic carbocycles. The minimum Gasteiger partial charge on any atom is -0.394 e. The van der Waals surface area contributed by atoms with Gasteiger partial charge in [-0.1, -0.05) is 0 Å². The Balaban J connectivity index is 2.04. The van der Waals surface area contributed by atoms with E-state index >= 15 is 0 Å². The Labute approximate surface area is 96.0 Å². The second kappa shape index (κ2) is 3.97. The molecule has 0 aromatic carbocycles. The number of nitrogens with zero attached hydrogens (tertiary/aromatic N) is 2. The third kappa shape index (κ3) is 1.75. The number of nitrogens with one attached hydrogen (secondary N) is 1. The molecule has 0 unspecified atom stereocenters. The highest BCUT2D eigenvalue weighted by atomic mass is 16.5. The first kappa shape index (κ1) is 11.3. The molecule has 1 aliphatic rings. The number of hydrogen-bond donors (Lipinski definition) is 2. The molecule has 1 fully saturated rings. The highest BCUT2D eigenvalue weighted by Gasteiger charge is 2.37. The maximum Gasteiger partial charge on any atom is 0.147 e. The highest BCUT2D eigenvalue weighted by molar-refractivity contribution is 5.64. The molecule has 1 aromatic rings. The van der Waals surface area contributed by atoms with Gasteiger partial charge in [0.25, 0.3) is 0 Å². The molecule has 1 aromatic heterocycles. The van der Waals surface area contributed by atoms with Gasteiger partial charge in [-0.2, -0.15) is 5.10 Å². The molecule has 2 rings (SSSR count). The molecule has 1 heterocycles. The topological polar surface area (TPSA) is 65.1 Å². The lowest BCUT2D eigenvalue weighted by Gasteiger charge is -2.40. The fourth-order valence-corrected chi connectivity index (χ4v) is 2.15. The van der Waals surface area contributed by atoms with Crippen LogP contribution < -0.4 is 11.1 Å². The molecule has 1 saturated carbocycles. The zero-order valence-corrected chi connectivity index (χ0v) is 10.2. The molecule has 5 nitrogen and oxygen atoms in total. The minimum absolute atomic E-state index is 0.00458. The number of methoxy groups -OCH3 is 1. The number of nitrogen functional groups attached to an aromatic ring is 1. The predicted octanol–water partition coefficient (Wildman–Crippen LogP) is 1.29. The molecule has 5 heteroatoms. The predicted molar refractivity (Wildman–Crippen MR) is 64.4 cm³/mol. The van der Waals surface area contributed by atoms with Crippen molar-refractivity contribution in [1.29, 1.82) is 0 Å². The van der Waals surface area contributed by atoms with E-state index in [1.165, 1.54) is 6.42 Å². The maximum atomic E-state index is 5.95. The third-order valence-corrected chi connectivity index (χ3v) is 3.54. The van der Waals surface area contributed by atoms with Gasteiger partial charge in [-0.15, -0.1) is 0 Å². The zero-order chi connectivity index (χ0) is 11.8. The van der Waals surface area contributed by atoms with E-state index in [0.717, 1.165) is 36.6 Å². The number of rotatable bonds is 4. The van der Waals surface area contributed by atoms with Crippen LogP contribution in [0.3, 0.4) is 0 Å². The molecule has 0 atom stereocenters. The molecular formula is C11H20N4O. The van der Waals surface area contributed by atoms with Crippen LogP contribution in [-0.2, 0) is 11.8 Å². The molecule has 0 radical (unpaired) electrons. The van der Waals surface area contributed by atoms with Crippen molar-refractivity contribution in [1.82, 2.24) is 9.78 Å². The van der Waals surface area contributed by atoms with E-state index in [0.29, 0.717) is 0 Å². The Morgan fingerprint density at radius 2 is 2.25 bits per heavy atom. The average Bonchev–Trinajstić information content (AvgIpc) is 2.43. The van der Waals surface area contributed by atoms with Crippen LogP contribution >= 0.6 is 0 Å². The van der Waals surface area contributed by atoms with Crippen molar-refractivity contribution in [3.05, 3.63) is 5.69 Å². The normalized spacial score (nSPS) is 18.2. The van der Waals surface area contributed by atoms with Crippen molar-refractivity contribution in [2.24, 2.45) is 7.05 Å². The lowest BCUT2D eigenvalue weighted by molar-refractivity contribution is -0.0602. The lowest BCUT2D eigenvalue weighted by atomic mass is 9.80. The van der Waals surface area contributed by atoms with Crippen LogP contribution in [0.1, 0.15) is 25.0 Å². The Bertz CT molecular complexity index is 376. The average molecular weight is 224 g/mol. The standard InChI is InChI=1S/C11H20N4O/c1-8-9(12)10(15(2)14-8)13-7-11(16-3)5-4-6-11/h13H,4-7,12H2,1-3H3. The molecule has 0 amide bonds. The lowest BCUT2D eigenvalue weighted by Crippen LogP contribution is -2.45. The second-order valence-corrected chi connectivity index (χ2v) is 4.57. The van der Waals surface area contributed by atoms with E-state index in [4.69, 9.17) is 10.5 Å². The summed E-state index contributed by atoms with van der Waals surface area (Å²) < 4.78 is 7.33. The summed E-state index contributed by atoms with van der Waals surface area (Å²) >= 11 is 0. The molecule has 0 bridgehead atoms. The molecule has 0 aliphatic heterocycles. The number of anilines is 2. The van der Waals surface area contributed by atoms with Crippen LogP contribution in [0.25, 0.3) is 0 Å². The fraction of sp³-hybridized carbons (Fsp3) is 0.727. The molecule has 3 N–H and O–H groups in total. The summed E-state index contributed by atoms with van der Waals surface area (Å²) in [5, 5.41) is 7.62. The molecular weight excluding hydrogens is 204 g/mol. The van der Waals surface area contributed by atoms with Crippen LogP contribution in [0.4, 0.5) is 11.5 Å². The van der Waals surface area contributed by atoms with E-state index in [9.17, 15) is 0 Å². The van der Waals surface area contributed by atoms with Crippen molar-refractivity contribution < 1.29 is 4.74 Å². The van der Waals surface area contributed by atoms with E-state index < -0.39 is 0 Å². The zero-order valence-electron chi connectivity index (χ0n) is 10.2. The Hall–Kier alpha value is -1.23. The number of hydrogen-bond acceptors (Lipinski definition) is 4. The summed E-state index contributed by atoms with van der Waals surface area (Å²) in [4.78, 5) is 0. The fourth-order valence-electron chi connectivity index (χ4n) is 2.15. The summed E-state index contributed by atoms with van der Waals surface area (Å²) in [6.07, 6.45) is 3.48. The maximum absolute atomic E-state index is 5.95. The monoisotopic (exact) mass is 224 g/mol. The number of nitrogens with two attached hydrogens (primary N) is 1. The van der Waals surface area contributed by atoms with Crippen molar-refractivity contribution in [2.45, 2.75) is 31.8 Å². The van der Waals surface area contributed by atoms with Gasteiger partial charge < -0.3 is 15.8 Å². The van der Waals surface area contributed by atoms with E-state index in [2.05, 4.69) is 10.4 Å². The molecule has 16 heavy (non-hydrogen) atoms. The van der Waals surface area contributed by atoms with Crippen molar-refractivity contribution in [3.8, 4) is 0 Å². The SMILES string of the molecule is COC1(CNc2c(N)c(C)nn2C)CCC1. The van der Waals surface area contributed by atoms with Gasteiger partial charge in [0.15, 0.2) is 0 Å². The van der Waals surface area contributed by atoms with Crippen molar-refractivity contribution in [3.63, 3.8) is 0 Å². The van der Waals surface area contributed by atoms with Gasteiger partial charge in [0.05, 0.1) is 17.0 Å². The quantitative estimate of drug-likeness (QED) is 0.809. The van der Waals surface area contributed by atoms with E-state index in [-0.39, 0.29) is 5.60 Å². The van der Waals surface area contributed by atoms with Gasteiger partial charge in [-0.25, -0.2) is 0 Å². The van der Waals surface area contributed by atoms with Gasteiger partial charge in [-0.05, 0) is 26.2 Å².